The highest BCUT2D eigenvalue weighted by molar-refractivity contribution is 5.22. The first-order valence-corrected chi connectivity index (χ1v) is 13.6. The van der Waals surface area contributed by atoms with E-state index in [1.165, 1.54) is 0 Å². The Morgan fingerprint density at radius 2 is 1.07 bits per heavy atom. The van der Waals surface area contributed by atoms with Gasteiger partial charge in [-0.05, 0) is 22.3 Å². The number of aliphatic hydroxyl groups is 2. The molecule has 40 heavy (non-hydrogen) atoms. The Labute approximate surface area is 235 Å². The van der Waals surface area contributed by atoms with Gasteiger partial charge >= 0.3 is 0 Å². The number of benzene rings is 4. The van der Waals surface area contributed by atoms with E-state index in [2.05, 4.69) is 0 Å². The topological polar surface area (TPSA) is 77.4 Å². The van der Waals surface area contributed by atoms with Crippen molar-refractivity contribution in [3.8, 4) is 0 Å². The zero-order valence-corrected chi connectivity index (χ0v) is 22.4. The van der Waals surface area contributed by atoms with E-state index >= 15 is 0 Å². The summed E-state index contributed by atoms with van der Waals surface area (Å²) in [5, 5.41) is 22.2. The Morgan fingerprint density at radius 3 is 1.62 bits per heavy atom. The number of ether oxygens (including phenoxy) is 4. The van der Waals surface area contributed by atoms with Crippen LogP contribution in [0.1, 0.15) is 22.3 Å². The van der Waals surface area contributed by atoms with E-state index in [-0.39, 0.29) is 19.8 Å². The van der Waals surface area contributed by atoms with Crippen LogP contribution in [-0.4, -0.2) is 47.0 Å². The maximum Gasteiger partial charge on any atom is 0.184 e. The van der Waals surface area contributed by atoms with Crippen molar-refractivity contribution < 1.29 is 29.2 Å². The minimum atomic E-state index is -1.46. The van der Waals surface area contributed by atoms with Gasteiger partial charge in [-0.3, -0.25) is 0 Å². The molecule has 0 amide bonds. The molecule has 0 spiro atoms. The van der Waals surface area contributed by atoms with Crippen molar-refractivity contribution in [3.05, 3.63) is 144 Å². The SMILES string of the molecule is O[C@H]1[C@@H](OCc2ccccc2)[C@](Cc2ccccc2)(OCc2ccccc2)[C@@H](COCc2ccccc2)O[C@@H]1O. The quantitative estimate of drug-likeness (QED) is 0.262. The highest BCUT2D eigenvalue weighted by atomic mass is 16.7. The first kappa shape index (κ1) is 28.2. The second kappa shape index (κ2) is 13.8. The van der Waals surface area contributed by atoms with Crippen LogP contribution in [0.15, 0.2) is 121 Å². The molecule has 0 aromatic heterocycles. The van der Waals surface area contributed by atoms with Crippen LogP contribution in [0, 0.1) is 0 Å². The maximum atomic E-state index is 11.3. The monoisotopic (exact) mass is 540 g/mol. The molecular formula is C34H36O6. The lowest BCUT2D eigenvalue weighted by Crippen LogP contribution is -2.69. The summed E-state index contributed by atoms with van der Waals surface area (Å²) in [5.74, 6) is 0. The first-order chi connectivity index (χ1) is 19.6. The summed E-state index contributed by atoms with van der Waals surface area (Å²) in [7, 11) is 0. The van der Waals surface area contributed by atoms with Crippen molar-refractivity contribution in [2.24, 2.45) is 0 Å². The van der Waals surface area contributed by atoms with Crippen molar-refractivity contribution in [2.45, 2.75) is 56.4 Å². The third kappa shape index (κ3) is 7.04. The zero-order valence-electron chi connectivity index (χ0n) is 22.4. The molecule has 208 valence electrons. The molecule has 0 saturated carbocycles. The number of hydrogen-bond acceptors (Lipinski definition) is 6. The van der Waals surface area contributed by atoms with Gasteiger partial charge in [0.25, 0.3) is 0 Å². The van der Waals surface area contributed by atoms with Crippen LogP contribution in [0.3, 0.4) is 0 Å². The van der Waals surface area contributed by atoms with Gasteiger partial charge in [0.05, 0.1) is 26.4 Å². The molecule has 5 atom stereocenters. The summed E-state index contributed by atoms with van der Waals surface area (Å²) >= 11 is 0. The van der Waals surface area contributed by atoms with Gasteiger partial charge in [0.1, 0.15) is 23.9 Å². The predicted octanol–water partition coefficient (Wildman–Crippen LogP) is 5.07. The lowest BCUT2D eigenvalue weighted by atomic mass is 9.78. The van der Waals surface area contributed by atoms with Crippen LogP contribution in [0.4, 0.5) is 0 Å². The predicted molar refractivity (Wildman–Crippen MR) is 152 cm³/mol. The van der Waals surface area contributed by atoms with E-state index in [0.717, 1.165) is 22.3 Å². The van der Waals surface area contributed by atoms with Crippen LogP contribution >= 0.6 is 0 Å². The van der Waals surface area contributed by atoms with Gasteiger partial charge in [-0.2, -0.15) is 0 Å². The molecular weight excluding hydrogens is 504 g/mol. The number of hydrogen-bond donors (Lipinski definition) is 2. The second-order valence-electron chi connectivity index (χ2n) is 10.1. The largest absolute Gasteiger partial charge is 0.385 e. The van der Waals surface area contributed by atoms with Gasteiger partial charge in [0.15, 0.2) is 6.29 Å². The average molecular weight is 541 g/mol. The second-order valence-corrected chi connectivity index (χ2v) is 10.1. The Morgan fingerprint density at radius 1 is 0.600 bits per heavy atom. The zero-order chi connectivity index (χ0) is 27.6. The minimum Gasteiger partial charge on any atom is -0.385 e. The Hall–Kier alpha value is -3.36. The molecule has 1 saturated heterocycles. The van der Waals surface area contributed by atoms with Crippen molar-refractivity contribution in [1.29, 1.82) is 0 Å². The van der Waals surface area contributed by atoms with Crippen LogP contribution < -0.4 is 0 Å². The smallest absolute Gasteiger partial charge is 0.184 e. The van der Waals surface area contributed by atoms with Gasteiger partial charge in [0.2, 0.25) is 0 Å². The molecule has 0 aliphatic carbocycles. The number of rotatable bonds is 12. The lowest BCUT2D eigenvalue weighted by molar-refractivity contribution is -0.343. The van der Waals surface area contributed by atoms with Gasteiger partial charge < -0.3 is 29.2 Å². The fourth-order valence-electron chi connectivity index (χ4n) is 5.17. The summed E-state index contributed by atoms with van der Waals surface area (Å²) in [5.41, 5.74) is 2.76. The van der Waals surface area contributed by atoms with Crippen molar-refractivity contribution in [2.75, 3.05) is 6.61 Å². The fraction of sp³-hybridized carbons (Fsp3) is 0.294. The lowest BCUT2D eigenvalue weighted by Gasteiger charge is -2.51. The Kier molecular flexibility index (Phi) is 9.73. The van der Waals surface area contributed by atoms with E-state index in [1.807, 2.05) is 121 Å². The molecule has 2 N–H and O–H groups in total. The highest BCUT2D eigenvalue weighted by Crippen LogP contribution is 2.39. The summed E-state index contributed by atoms with van der Waals surface area (Å²) in [6.07, 6.45) is -4.07. The third-order valence-corrected chi connectivity index (χ3v) is 7.26. The molecule has 0 unspecified atom stereocenters. The molecule has 5 rings (SSSR count). The standard InChI is InChI=1S/C34H36O6/c35-31-32(38-23-28-17-9-3-10-18-28)34(21-26-13-5-1-6-14-26,39-24-29-19-11-4-12-20-29)30(40-33(31)36)25-37-22-27-15-7-2-8-16-27/h1-20,30-33,35-36H,21-25H2/t30-,31+,32-,33+,34-/m1/s1. The van der Waals surface area contributed by atoms with E-state index in [4.69, 9.17) is 18.9 Å². The molecule has 0 bridgehead atoms. The van der Waals surface area contributed by atoms with Crippen molar-refractivity contribution in [3.63, 3.8) is 0 Å². The van der Waals surface area contributed by atoms with Crippen molar-refractivity contribution >= 4 is 0 Å². The molecule has 1 heterocycles. The van der Waals surface area contributed by atoms with E-state index < -0.39 is 30.2 Å². The van der Waals surface area contributed by atoms with Gasteiger partial charge in [-0.1, -0.05) is 121 Å². The number of aliphatic hydroxyl groups excluding tert-OH is 2. The fourth-order valence-corrected chi connectivity index (χ4v) is 5.17. The summed E-state index contributed by atoms with van der Waals surface area (Å²) in [6, 6.07) is 39.4. The average Bonchev–Trinajstić information content (AvgIpc) is 3.00. The first-order valence-electron chi connectivity index (χ1n) is 13.6. The Bertz CT molecular complexity index is 1270. The summed E-state index contributed by atoms with van der Waals surface area (Å²) < 4.78 is 25.5. The van der Waals surface area contributed by atoms with Gasteiger partial charge in [-0.25, -0.2) is 0 Å². The molecule has 6 nitrogen and oxygen atoms in total. The molecule has 4 aromatic rings. The Balaban J connectivity index is 1.49. The van der Waals surface area contributed by atoms with Crippen LogP contribution in [0.5, 0.6) is 0 Å². The van der Waals surface area contributed by atoms with Crippen LogP contribution in [0.25, 0.3) is 0 Å². The van der Waals surface area contributed by atoms with E-state index in [1.54, 1.807) is 0 Å². The molecule has 1 aliphatic rings. The maximum absolute atomic E-state index is 11.3. The highest BCUT2D eigenvalue weighted by Gasteiger charge is 2.57. The van der Waals surface area contributed by atoms with E-state index in [9.17, 15) is 10.2 Å². The minimum absolute atomic E-state index is 0.130. The van der Waals surface area contributed by atoms with E-state index in [0.29, 0.717) is 13.0 Å². The van der Waals surface area contributed by atoms with Crippen LogP contribution in [0.2, 0.25) is 0 Å². The van der Waals surface area contributed by atoms with Gasteiger partial charge in [0, 0.05) is 6.42 Å². The molecule has 4 aromatic carbocycles. The molecule has 0 radical (unpaired) electrons. The molecule has 6 heteroatoms. The third-order valence-electron chi connectivity index (χ3n) is 7.26. The van der Waals surface area contributed by atoms with Gasteiger partial charge in [-0.15, -0.1) is 0 Å². The van der Waals surface area contributed by atoms with Crippen molar-refractivity contribution in [1.82, 2.24) is 0 Å². The summed E-state index contributed by atoms with van der Waals surface area (Å²) in [4.78, 5) is 0. The molecule has 1 aliphatic heterocycles. The molecule has 1 fully saturated rings. The summed E-state index contributed by atoms with van der Waals surface area (Å²) in [6.45, 7) is 0.999. The normalized spacial score (nSPS) is 24.6. The van der Waals surface area contributed by atoms with Crippen LogP contribution in [-0.2, 0) is 45.2 Å².